The van der Waals surface area contributed by atoms with Crippen molar-refractivity contribution in [1.82, 2.24) is 14.7 Å². The lowest BCUT2D eigenvalue weighted by Gasteiger charge is -2.10. The SMILES string of the molecule is CCc1nc2ccc(F)cn2c1C(=O)NCCc1ccc(OC)c(OC)c1. The first kappa shape index (κ1) is 18.7. The molecule has 0 atom stereocenters. The molecule has 0 unspecified atom stereocenters. The Bertz CT molecular complexity index is 969. The summed E-state index contributed by atoms with van der Waals surface area (Å²) in [5, 5.41) is 2.89. The Morgan fingerprint density at radius 3 is 2.67 bits per heavy atom. The monoisotopic (exact) mass is 371 g/mol. The highest BCUT2D eigenvalue weighted by molar-refractivity contribution is 5.94. The number of halogens is 1. The summed E-state index contributed by atoms with van der Waals surface area (Å²) < 4.78 is 25.6. The van der Waals surface area contributed by atoms with Gasteiger partial charge in [-0.1, -0.05) is 13.0 Å². The van der Waals surface area contributed by atoms with E-state index in [2.05, 4.69) is 10.3 Å². The maximum Gasteiger partial charge on any atom is 0.270 e. The maximum absolute atomic E-state index is 13.6. The van der Waals surface area contributed by atoms with Crippen molar-refractivity contribution in [2.24, 2.45) is 0 Å². The summed E-state index contributed by atoms with van der Waals surface area (Å²) in [6.45, 7) is 2.35. The van der Waals surface area contributed by atoms with Gasteiger partial charge in [0.05, 0.1) is 19.9 Å². The molecule has 0 spiro atoms. The second kappa shape index (κ2) is 8.07. The molecule has 1 N–H and O–H groups in total. The van der Waals surface area contributed by atoms with Crippen molar-refractivity contribution in [2.75, 3.05) is 20.8 Å². The van der Waals surface area contributed by atoms with Crippen LogP contribution in [-0.4, -0.2) is 36.1 Å². The topological polar surface area (TPSA) is 64.9 Å². The molecular weight excluding hydrogens is 349 g/mol. The highest BCUT2D eigenvalue weighted by Gasteiger charge is 2.18. The predicted octanol–water partition coefficient (Wildman–Crippen LogP) is 3.03. The number of hydrogen-bond acceptors (Lipinski definition) is 4. The summed E-state index contributed by atoms with van der Waals surface area (Å²) in [5.74, 6) is 0.616. The van der Waals surface area contributed by atoms with E-state index in [1.165, 1.54) is 16.7 Å². The van der Waals surface area contributed by atoms with E-state index < -0.39 is 5.82 Å². The van der Waals surface area contributed by atoms with Crippen LogP contribution in [-0.2, 0) is 12.8 Å². The number of imidazole rings is 1. The number of hydrogen-bond donors (Lipinski definition) is 1. The zero-order chi connectivity index (χ0) is 19.4. The number of ether oxygens (including phenoxy) is 2. The molecule has 2 heterocycles. The Morgan fingerprint density at radius 1 is 1.19 bits per heavy atom. The molecule has 0 radical (unpaired) electrons. The Balaban J connectivity index is 1.73. The number of aryl methyl sites for hydroxylation is 1. The summed E-state index contributed by atoms with van der Waals surface area (Å²) in [4.78, 5) is 17.1. The molecule has 1 amide bonds. The van der Waals surface area contributed by atoms with E-state index in [0.29, 0.717) is 47.9 Å². The quantitative estimate of drug-likeness (QED) is 0.693. The highest BCUT2D eigenvalue weighted by Crippen LogP contribution is 2.27. The Labute approximate surface area is 156 Å². The third-order valence-electron chi connectivity index (χ3n) is 4.35. The fourth-order valence-electron chi connectivity index (χ4n) is 2.99. The number of carbonyl (C=O) groups is 1. The van der Waals surface area contributed by atoms with Gasteiger partial charge in [0.15, 0.2) is 11.5 Å². The molecule has 1 aromatic carbocycles. The van der Waals surface area contributed by atoms with Gasteiger partial charge >= 0.3 is 0 Å². The number of benzene rings is 1. The Morgan fingerprint density at radius 2 is 1.96 bits per heavy atom. The first-order chi connectivity index (χ1) is 13.1. The number of nitrogens with one attached hydrogen (secondary N) is 1. The zero-order valence-corrected chi connectivity index (χ0v) is 15.6. The molecule has 3 aromatic rings. The highest BCUT2D eigenvalue weighted by atomic mass is 19.1. The minimum absolute atomic E-state index is 0.273. The van der Waals surface area contributed by atoms with Gasteiger partial charge in [-0.05, 0) is 42.7 Å². The lowest BCUT2D eigenvalue weighted by molar-refractivity contribution is 0.0947. The van der Waals surface area contributed by atoms with Crippen LogP contribution in [0.15, 0.2) is 36.5 Å². The van der Waals surface area contributed by atoms with Crippen LogP contribution in [0.3, 0.4) is 0 Å². The lowest BCUT2D eigenvalue weighted by Crippen LogP contribution is -2.27. The van der Waals surface area contributed by atoms with Crippen molar-refractivity contribution in [1.29, 1.82) is 0 Å². The summed E-state index contributed by atoms with van der Waals surface area (Å²) in [7, 11) is 3.17. The van der Waals surface area contributed by atoms with Gasteiger partial charge < -0.3 is 14.8 Å². The largest absolute Gasteiger partial charge is 0.493 e. The molecule has 0 aliphatic heterocycles. The van der Waals surface area contributed by atoms with Crippen LogP contribution in [0, 0.1) is 5.82 Å². The van der Waals surface area contributed by atoms with Gasteiger partial charge in [0.25, 0.3) is 5.91 Å². The van der Waals surface area contributed by atoms with Gasteiger partial charge in [-0.15, -0.1) is 0 Å². The molecule has 0 bridgehead atoms. The van der Waals surface area contributed by atoms with Crippen LogP contribution in [0.4, 0.5) is 4.39 Å². The van der Waals surface area contributed by atoms with Crippen LogP contribution in [0.1, 0.15) is 28.7 Å². The van der Waals surface area contributed by atoms with Crippen LogP contribution in [0.2, 0.25) is 0 Å². The molecule has 6 nitrogen and oxygen atoms in total. The molecule has 0 fully saturated rings. The third kappa shape index (κ3) is 3.86. The molecule has 0 saturated carbocycles. The molecule has 0 saturated heterocycles. The average molecular weight is 371 g/mol. The molecule has 2 aromatic heterocycles. The number of fused-ring (bicyclic) bond motifs is 1. The zero-order valence-electron chi connectivity index (χ0n) is 15.6. The second-order valence-electron chi connectivity index (χ2n) is 6.03. The van der Waals surface area contributed by atoms with Crippen LogP contribution in [0.5, 0.6) is 11.5 Å². The summed E-state index contributed by atoms with van der Waals surface area (Å²) >= 11 is 0. The minimum Gasteiger partial charge on any atom is -0.493 e. The van der Waals surface area contributed by atoms with Gasteiger partial charge in [0.2, 0.25) is 0 Å². The van der Waals surface area contributed by atoms with E-state index >= 15 is 0 Å². The Kier molecular flexibility index (Phi) is 5.59. The Hall–Kier alpha value is -3.09. The van der Waals surface area contributed by atoms with Gasteiger partial charge in [-0.25, -0.2) is 9.37 Å². The van der Waals surface area contributed by atoms with Gasteiger partial charge in [0, 0.05) is 12.7 Å². The van der Waals surface area contributed by atoms with Crippen molar-refractivity contribution in [3.05, 3.63) is 59.3 Å². The van der Waals surface area contributed by atoms with E-state index in [0.717, 1.165) is 5.56 Å². The molecule has 27 heavy (non-hydrogen) atoms. The lowest BCUT2D eigenvalue weighted by atomic mass is 10.1. The molecule has 0 aliphatic carbocycles. The molecule has 3 rings (SSSR count). The molecular formula is C20H22FN3O3. The summed E-state index contributed by atoms with van der Waals surface area (Å²) in [6, 6.07) is 8.54. The van der Waals surface area contributed by atoms with E-state index in [1.54, 1.807) is 20.3 Å². The number of aromatic nitrogens is 2. The van der Waals surface area contributed by atoms with Gasteiger partial charge in [0.1, 0.15) is 17.2 Å². The first-order valence-electron chi connectivity index (χ1n) is 8.73. The van der Waals surface area contributed by atoms with E-state index in [4.69, 9.17) is 9.47 Å². The summed E-state index contributed by atoms with van der Waals surface area (Å²) in [5.41, 5.74) is 2.58. The first-order valence-corrected chi connectivity index (χ1v) is 8.73. The number of nitrogens with zero attached hydrogens (tertiary/aromatic N) is 2. The molecule has 142 valence electrons. The van der Waals surface area contributed by atoms with Crippen molar-refractivity contribution in [3.8, 4) is 11.5 Å². The van der Waals surface area contributed by atoms with E-state index in [-0.39, 0.29) is 5.91 Å². The fraction of sp³-hybridized carbons (Fsp3) is 0.300. The van der Waals surface area contributed by atoms with Crippen molar-refractivity contribution < 1.29 is 18.7 Å². The fourth-order valence-corrected chi connectivity index (χ4v) is 2.99. The van der Waals surface area contributed by atoms with Gasteiger partial charge in [-0.2, -0.15) is 0 Å². The normalized spacial score (nSPS) is 10.8. The second-order valence-corrected chi connectivity index (χ2v) is 6.03. The van der Waals surface area contributed by atoms with E-state index in [1.807, 2.05) is 25.1 Å². The predicted molar refractivity (Wildman–Crippen MR) is 100 cm³/mol. The standard InChI is InChI=1S/C20H22FN3O3/c1-4-15-19(24-12-14(21)6-8-18(24)23-15)20(25)22-10-9-13-5-7-16(26-2)17(11-13)27-3/h5-8,11-12H,4,9-10H2,1-3H3,(H,22,25). The number of pyridine rings is 1. The smallest absolute Gasteiger partial charge is 0.270 e. The van der Waals surface area contributed by atoms with Crippen molar-refractivity contribution >= 4 is 11.6 Å². The van der Waals surface area contributed by atoms with Crippen LogP contribution >= 0.6 is 0 Å². The summed E-state index contributed by atoms with van der Waals surface area (Å²) in [6.07, 6.45) is 2.49. The third-order valence-corrected chi connectivity index (χ3v) is 4.35. The maximum atomic E-state index is 13.6. The number of amides is 1. The number of methoxy groups -OCH3 is 2. The molecule has 7 heteroatoms. The number of rotatable bonds is 7. The van der Waals surface area contributed by atoms with Crippen molar-refractivity contribution in [3.63, 3.8) is 0 Å². The van der Waals surface area contributed by atoms with E-state index in [9.17, 15) is 9.18 Å². The number of carbonyl (C=O) groups excluding carboxylic acids is 1. The van der Waals surface area contributed by atoms with Crippen LogP contribution in [0.25, 0.3) is 5.65 Å². The van der Waals surface area contributed by atoms with Crippen molar-refractivity contribution in [2.45, 2.75) is 19.8 Å². The van der Waals surface area contributed by atoms with Crippen LogP contribution < -0.4 is 14.8 Å². The minimum atomic E-state index is -0.415. The van der Waals surface area contributed by atoms with Gasteiger partial charge in [-0.3, -0.25) is 9.20 Å². The average Bonchev–Trinajstić information content (AvgIpc) is 3.05. The molecule has 0 aliphatic rings.